The van der Waals surface area contributed by atoms with Gasteiger partial charge in [0.25, 0.3) is 5.91 Å². The molecule has 1 saturated heterocycles. The van der Waals surface area contributed by atoms with Crippen LogP contribution in [0.4, 0.5) is 4.79 Å². The summed E-state index contributed by atoms with van der Waals surface area (Å²) in [5.41, 5.74) is 4.36. The van der Waals surface area contributed by atoms with E-state index in [0.717, 1.165) is 30.5 Å². The zero-order chi connectivity index (χ0) is 27.5. The number of aliphatic hydroxyl groups is 1. The molecular weight excluding hydrogens is 512 g/mol. The molecular formula is C26H32N4O7S. The number of aliphatic hydroxyl groups excluding tert-OH is 1. The van der Waals surface area contributed by atoms with Crippen LogP contribution in [0.2, 0.25) is 0 Å². The Kier molecular flexibility index (Phi) is 8.25. The number of carbonyl (C=O) groups is 2. The molecule has 2 amide bonds. The summed E-state index contributed by atoms with van der Waals surface area (Å²) < 4.78 is 29.2. The SMILES string of the molecule is CC(CCN1Cc2cc(C#Cc3ccc([C@@H](O)CN4CCOCC4)cc3)cn2C1=O)(C(=O)NO)S(C)(=O)=O. The van der Waals surface area contributed by atoms with E-state index in [1.165, 1.54) is 21.9 Å². The molecule has 4 rings (SSSR count). The minimum atomic E-state index is -3.85. The lowest BCUT2D eigenvalue weighted by atomic mass is 10.1. The number of ether oxygens (including phenoxy) is 1. The fourth-order valence-electron chi connectivity index (χ4n) is 4.47. The van der Waals surface area contributed by atoms with Gasteiger partial charge in [0.15, 0.2) is 14.6 Å². The van der Waals surface area contributed by atoms with Crippen molar-refractivity contribution < 1.29 is 33.1 Å². The molecule has 204 valence electrons. The average Bonchev–Trinajstić information content (AvgIpc) is 3.43. The molecule has 38 heavy (non-hydrogen) atoms. The Morgan fingerprint density at radius 3 is 2.45 bits per heavy atom. The number of morpholine rings is 1. The third kappa shape index (κ3) is 5.92. The number of carbonyl (C=O) groups excluding carboxylic acids is 2. The number of hydrogen-bond acceptors (Lipinski definition) is 8. The number of nitrogens with one attached hydrogen (secondary N) is 1. The molecule has 0 bridgehead atoms. The van der Waals surface area contributed by atoms with Crippen molar-refractivity contribution in [2.45, 2.75) is 30.7 Å². The molecule has 11 nitrogen and oxygen atoms in total. The minimum absolute atomic E-state index is 0.0161. The largest absolute Gasteiger partial charge is 0.387 e. The van der Waals surface area contributed by atoms with E-state index in [9.17, 15) is 23.1 Å². The smallest absolute Gasteiger partial charge is 0.328 e. The van der Waals surface area contributed by atoms with Crippen LogP contribution in [0.1, 0.15) is 41.8 Å². The normalized spacial score (nSPS) is 18.3. The molecule has 2 aliphatic rings. The van der Waals surface area contributed by atoms with Gasteiger partial charge in [-0.25, -0.2) is 18.7 Å². The molecule has 0 aliphatic carbocycles. The number of benzene rings is 1. The summed E-state index contributed by atoms with van der Waals surface area (Å²) in [7, 11) is -3.85. The lowest BCUT2D eigenvalue weighted by Gasteiger charge is -2.28. The molecule has 1 aromatic carbocycles. The molecule has 3 N–H and O–H groups in total. The maximum absolute atomic E-state index is 12.8. The van der Waals surface area contributed by atoms with Crippen molar-refractivity contribution >= 4 is 21.8 Å². The molecule has 1 fully saturated rings. The number of β-amino-alcohol motifs (C(OH)–C–C–N with tert-alkyl or cyclic N) is 1. The van der Waals surface area contributed by atoms with Crippen LogP contribution in [0.25, 0.3) is 0 Å². The van der Waals surface area contributed by atoms with E-state index in [2.05, 4.69) is 16.7 Å². The second-order valence-electron chi connectivity index (χ2n) is 9.79. The second-order valence-corrected chi connectivity index (χ2v) is 12.2. The monoisotopic (exact) mass is 544 g/mol. The van der Waals surface area contributed by atoms with Crippen LogP contribution < -0.4 is 5.48 Å². The molecule has 0 spiro atoms. The maximum Gasteiger partial charge on any atom is 0.328 e. The predicted octanol–water partition coefficient (Wildman–Crippen LogP) is 0.736. The molecule has 0 saturated carbocycles. The van der Waals surface area contributed by atoms with Crippen molar-refractivity contribution in [1.82, 2.24) is 19.8 Å². The van der Waals surface area contributed by atoms with Gasteiger partial charge < -0.3 is 14.7 Å². The van der Waals surface area contributed by atoms with Crippen LogP contribution in [0.5, 0.6) is 0 Å². The van der Waals surface area contributed by atoms with Gasteiger partial charge >= 0.3 is 6.03 Å². The standard InChI is InChI=1S/C26H32N4O7S/c1-26(24(32)27-34,38(2,35)36)9-10-29-17-22-15-20(16-30(22)25(29)33)4-3-19-5-7-21(8-6-19)23(31)18-28-11-13-37-14-12-28/h5-8,15-16,23,31,34H,9-14,17-18H2,1-2H3,(H,27,32)/t23-,26?/m0/s1. The summed E-state index contributed by atoms with van der Waals surface area (Å²) in [5, 5.41) is 19.5. The third-order valence-electron chi connectivity index (χ3n) is 7.17. The highest BCUT2D eigenvalue weighted by Gasteiger charge is 2.44. The van der Waals surface area contributed by atoms with E-state index in [0.29, 0.717) is 31.0 Å². The first-order valence-electron chi connectivity index (χ1n) is 12.3. The van der Waals surface area contributed by atoms with Gasteiger partial charge in [-0.3, -0.25) is 19.5 Å². The zero-order valence-corrected chi connectivity index (χ0v) is 22.2. The highest BCUT2D eigenvalue weighted by atomic mass is 32.2. The van der Waals surface area contributed by atoms with Crippen molar-refractivity contribution in [2.24, 2.45) is 0 Å². The highest BCUT2D eigenvalue weighted by Crippen LogP contribution is 2.25. The van der Waals surface area contributed by atoms with Crippen LogP contribution in [-0.2, 0) is 25.9 Å². The number of amides is 2. The molecule has 1 unspecified atom stereocenters. The Bertz CT molecular complexity index is 1350. The van der Waals surface area contributed by atoms with Gasteiger partial charge in [-0.15, -0.1) is 0 Å². The minimum Gasteiger partial charge on any atom is -0.387 e. The number of nitrogens with zero attached hydrogens (tertiary/aromatic N) is 3. The Morgan fingerprint density at radius 2 is 1.84 bits per heavy atom. The first-order chi connectivity index (χ1) is 18.0. The zero-order valence-electron chi connectivity index (χ0n) is 21.4. The summed E-state index contributed by atoms with van der Waals surface area (Å²) in [5.74, 6) is 5.09. The van der Waals surface area contributed by atoms with E-state index in [-0.39, 0.29) is 25.5 Å². The molecule has 0 radical (unpaired) electrons. The van der Waals surface area contributed by atoms with Crippen molar-refractivity contribution in [3.05, 3.63) is 58.9 Å². The number of hydroxylamine groups is 1. The molecule has 1 aromatic heterocycles. The molecule has 3 heterocycles. The van der Waals surface area contributed by atoms with Crippen LogP contribution in [0.15, 0.2) is 36.5 Å². The van der Waals surface area contributed by atoms with Gasteiger partial charge in [0.1, 0.15) is 0 Å². The van der Waals surface area contributed by atoms with Crippen molar-refractivity contribution in [1.29, 1.82) is 0 Å². The van der Waals surface area contributed by atoms with Gasteiger partial charge in [-0.05, 0) is 37.1 Å². The Labute approximate surface area is 221 Å². The first-order valence-corrected chi connectivity index (χ1v) is 14.2. The van der Waals surface area contributed by atoms with Gasteiger partial charge in [0.05, 0.1) is 25.9 Å². The van der Waals surface area contributed by atoms with Crippen LogP contribution in [0.3, 0.4) is 0 Å². The average molecular weight is 545 g/mol. The van der Waals surface area contributed by atoms with Gasteiger partial charge in [-0.1, -0.05) is 24.0 Å². The van der Waals surface area contributed by atoms with Gasteiger partial charge in [-0.2, -0.15) is 0 Å². The van der Waals surface area contributed by atoms with Gasteiger partial charge in [0, 0.05) is 55.5 Å². The van der Waals surface area contributed by atoms with E-state index in [4.69, 9.17) is 9.94 Å². The molecule has 2 aliphatic heterocycles. The molecule has 2 atom stereocenters. The van der Waals surface area contributed by atoms with Crippen LogP contribution >= 0.6 is 0 Å². The first kappa shape index (κ1) is 27.8. The lowest BCUT2D eigenvalue weighted by molar-refractivity contribution is -0.131. The molecule has 2 aromatic rings. The summed E-state index contributed by atoms with van der Waals surface area (Å²) >= 11 is 0. The van der Waals surface area contributed by atoms with E-state index < -0.39 is 26.6 Å². The Balaban J connectivity index is 1.36. The van der Waals surface area contributed by atoms with Crippen molar-refractivity contribution in [3.8, 4) is 11.8 Å². The Morgan fingerprint density at radius 1 is 1.18 bits per heavy atom. The van der Waals surface area contributed by atoms with Crippen molar-refractivity contribution in [2.75, 3.05) is 45.6 Å². The second kappa shape index (κ2) is 11.3. The van der Waals surface area contributed by atoms with Crippen LogP contribution in [-0.4, -0.2) is 95.4 Å². The number of hydrogen-bond donors (Lipinski definition) is 3. The highest BCUT2D eigenvalue weighted by molar-refractivity contribution is 7.92. The van der Waals surface area contributed by atoms with Crippen LogP contribution in [0, 0.1) is 11.8 Å². The summed E-state index contributed by atoms with van der Waals surface area (Å²) in [4.78, 5) is 28.5. The fourth-order valence-corrected chi connectivity index (χ4v) is 5.31. The molecule has 12 heteroatoms. The van der Waals surface area contributed by atoms with Gasteiger partial charge in [0.2, 0.25) is 0 Å². The summed E-state index contributed by atoms with van der Waals surface area (Å²) in [6, 6.07) is 8.87. The maximum atomic E-state index is 12.8. The summed E-state index contributed by atoms with van der Waals surface area (Å²) in [6.45, 7) is 5.02. The number of aromatic nitrogens is 1. The number of fused-ring (bicyclic) bond motifs is 1. The lowest BCUT2D eigenvalue weighted by Crippen LogP contribution is -2.50. The van der Waals surface area contributed by atoms with E-state index >= 15 is 0 Å². The third-order valence-corrected chi connectivity index (χ3v) is 9.20. The summed E-state index contributed by atoms with van der Waals surface area (Å²) in [6.07, 6.45) is 1.79. The van der Waals surface area contributed by atoms with E-state index in [1.54, 1.807) is 12.3 Å². The predicted molar refractivity (Wildman–Crippen MR) is 138 cm³/mol. The fraction of sp³-hybridized carbons (Fsp3) is 0.462. The number of rotatable bonds is 8. The topological polar surface area (TPSA) is 141 Å². The van der Waals surface area contributed by atoms with E-state index in [1.807, 2.05) is 24.3 Å². The van der Waals surface area contributed by atoms with Crippen molar-refractivity contribution in [3.63, 3.8) is 0 Å². The number of sulfone groups is 1. The quantitative estimate of drug-likeness (QED) is 0.251. The Hall–Kier alpha value is -3.21.